The van der Waals surface area contributed by atoms with E-state index < -0.39 is 25.2 Å². The second kappa shape index (κ2) is 9.75. The van der Waals surface area contributed by atoms with Crippen molar-refractivity contribution in [3.8, 4) is 11.5 Å². The second-order valence-corrected chi connectivity index (χ2v) is 8.39. The number of nitrogens with one attached hydrogen (secondary N) is 2. The molecular formula is C24H21F6N3O3. The van der Waals surface area contributed by atoms with Gasteiger partial charge in [0.2, 0.25) is 5.91 Å². The summed E-state index contributed by atoms with van der Waals surface area (Å²) in [5, 5.41) is 9.40. The van der Waals surface area contributed by atoms with Gasteiger partial charge in [-0.2, -0.15) is 31.4 Å². The molecular weight excluding hydrogens is 492 g/mol. The number of fused-ring (bicyclic) bond motifs is 1. The Hall–Kier alpha value is -3.70. The zero-order valence-electron chi connectivity index (χ0n) is 18.9. The Labute approximate surface area is 201 Å². The molecule has 0 aliphatic carbocycles. The molecule has 1 atom stereocenters. The van der Waals surface area contributed by atoms with Crippen LogP contribution in [0.5, 0.6) is 11.5 Å². The standard InChI is InChI=1S/C24H21F6N3O3/c1-35-20-7-14(17-8-21(34)32-22-18(17)11-31-33-22)3-4-15(20)12-36-19-5-2-13(9-23(25,26)27)6-16(19)10-24(28,29)30/h2-7,11,17H,8-10,12H2,1H3,(H2,31,32,33,34). The first-order chi connectivity index (χ1) is 16.9. The zero-order valence-corrected chi connectivity index (χ0v) is 18.9. The Morgan fingerprint density at radius 1 is 0.972 bits per heavy atom. The SMILES string of the molecule is COc1cc(C2CC(=O)Nc3[nH]ncc32)ccc1COc1ccc(CC(F)(F)F)cc1CC(F)(F)F. The lowest BCUT2D eigenvalue weighted by molar-refractivity contribution is -0.127. The first-order valence-electron chi connectivity index (χ1n) is 10.8. The number of carbonyl (C=O) groups is 1. The highest BCUT2D eigenvalue weighted by Crippen LogP contribution is 2.38. The van der Waals surface area contributed by atoms with Crippen LogP contribution in [-0.2, 0) is 24.2 Å². The van der Waals surface area contributed by atoms with Crippen molar-refractivity contribution in [1.82, 2.24) is 10.2 Å². The molecule has 0 saturated carbocycles. The van der Waals surface area contributed by atoms with Gasteiger partial charge in [0.1, 0.15) is 23.9 Å². The molecule has 12 heteroatoms. The van der Waals surface area contributed by atoms with Crippen molar-refractivity contribution in [2.45, 2.75) is 44.1 Å². The number of rotatable bonds is 7. The van der Waals surface area contributed by atoms with Gasteiger partial charge in [0, 0.05) is 29.0 Å². The minimum Gasteiger partial charge on any atom is -0.496 e. The van der Waals surface area contributed by atoms with Gasteiger partial charge in [-0.3, -0.25) is 9.89 Å². The molecule has 0 saturated heterocycles. The van der Waals surface area contributed by atoms with E-state index in [1.807, 2.05) is 0 Å². The number of halogens is 6. The third-order valence-electron chi connectivity index (χ3n) is 5.72. The number of hydrogen-bond donors (Lipinski definition) is 2. The highest BCUT2D eigenvalue weighted by Gasteiger charge is 2.32. The molecule has 192 valence electrons. The number of hydrogen-bond acceptors (Lipinski definition) is 4. The Kier molecular flexibility index (Phi) is 6.87. The molecule has 2 heterocycles. The van der Waals surface area contributed by atoms with Gasteiger partial charge in [0.25, 0.3) is 0 Å². The fraction of sp³-hybridized carbons (Fsp3) is 0.333. The first-order valence-corrected chi connectivity index (χ1v) is 10.8. The number of aromatic amines is 1. The molecule has 0 bridgehead atoms. The molecule has 1 amide bonds. The molecule has 2 N–H and O–H groups in total. The van der Waals surface area contributed by atoms with Gasteiger partial charge >= 0.3 is 12.4 Å². The summed E-state index contributed by atoms with van der Waals surface area (Å²) in [5.74, 6) is 0.255. The maximum atomic E-state index is 13.1. The smallest absolute Gasteiger partial charge is 0.393 e. The molecule has 1 aromatic heterocycles. The summed E-state index contributed by atoms with van der Waals surface area (Å²) in [6.45, 7) is -0.185. The Morgan fingerprint density at radius 2 is 1.72 bits per heavy atom. The number of anilines is 1. The lowest BCUT2D eigenvalue weighted by Gasteiger charge is -2.23. The summed E-state index contributed by atoms with van der Waals surface area (Å²) in [5.41, 5.74) is 1.40. The van der Waals surface area contributed by atoms with Crippen LogP contribution in [0.1, 0.15) is 40.2 Å². The lowest BCUT2D eigenvalue weighted by Crippen LogP contribution is -2.23. The van der Waals surface area contributed by atoms with Gasteiger partial charge < -0.3 is 14.8 Å². The van der Waals surface area contributed by atoms with Crippen LogP contribution < -0.4 is 14.8 Å². The van der Waals surface area contributed by atoms with Gasteiger partial charge in [-0.25, -0.2) is 0 Å². The van der Waals surface area contributed by atoms with Crippen molar-refractivity contribution >= 4 is 11.7 Å². The predicted molar refractivity (Wildman–Crippen MR) is 117 cm³/mol. The number of carbonyl (C=O) groups excluding carboxylic acids is 1. The van der Waals surface area contributed by atoms with Crippen molar-refractivity contribution in [3.63, 3.8) is 0 Å². The zero-order chi connectivity index (χ0) is 26.1. The third kappa shape index (κ3) is 6.10. The predicted octanol–water partition coefficient (Wildman–Crippen LogP) is 5.68. The number of alkyl halides is 6. The lowest BCUT2D eigenvalue weighted by atomic mass is 9.87. The summed E-state index contributed by atoms with van der Waals surface area (Å²) >= 11 is 0. The molecule has 0 radical (unpaired) electrons. The van der Waals surface area contributed by atoms with E-state index in [2.05, 4.69) is 15.5 Å². The van der Waals surface area contributed by atoms with Crippen LogP contribution in [0.4, 0.5) is 32.2 Å². The minimum atomic E-state index is -4.63. The van der Waals surface area contributed by atoms with Gasteiger partial charge in [-0.1, -0.05) is 24.3 Å². The Morgan fingerprint density at radius 3 is 2.42 bits per heavy atom. The molecule has 4 rings (SSSR count). The molecule has 6 nitrogen and oxygen atoms in total. The minimum absolute atomic E-state index is 0.170. The quantitative estimate of drug-likeness (QED) is 0.399. The molecule has 1 aliphatic rings. The van der Waals surface area contributed by atoms with Crippen molar-refractivity contribution < 1.29 is 40.6 Å². The maximum Gasteiger partial charge on any atom is 0.393 e. The number of methoxy groups -OCH3 is 1. The van der Waals surface area contributed by atoms with Crippen LogP contribution in [0.3, 0.4) is 0 Å². The van der Waals surface area contributed by atoms with Crippen molar-refractivity contribution in [3.05, 3.63) is 70.4 Å². The molecule has 1 aliphatic heterocycles. The fourth-order valence-corrected chi connectivity index (χ4v) is 4.16. The monoisotopic (exact) mass is 513 g/mol. The van der Waals surface area contributed by atoms with Gasteiger partial charge in [0.05, 0.1) is 26.1 Å². The summed E-state index contributed by atoms with van der Waals surface area (Å²) in [4.78, 5) is 12.1. The third-order valence-corrected chi connectivity index (χ3v) is 5.72. The van der Waals surface area contributed by atoms with E-state index in [0.29, 0.717) is 17.1 Å². The van der Waals surface area contributed by atoms with E-state index >= 15 is 0 Å². The summed E-state index contributed by atoms with van der Waals surface area (Å²) < 4.78 is 88.4. The van der Waals surface area contributed by atoms with Crippen LogP contribution in [0, 0.1) is 0 Å². The highest BCUT2D eigenvalue weighted by atomic mass is 19.4. The maximum absolute atomic E-state index is 13.1. The molecule has 3 aromatic rings. The molecule has 0 spiro atoms. The van der Waals surface area contributed by atoms with Gasteiger partial charge in [-0.05, 0) is 23.3 Å². The number of ether oxygens (including phenoxy) is 2. The van der Waals surface area contributed by atoms with E-state index in [1.54, 1.807) is 24.4 Å². The van der Waals surface area contributed by atoms with Crippen LogP contribution in [0.2, 0.25) is 0 Å². The Bertz CT molecular complexity index is 1250. The largest absolute Gasteiger partial charge is 0.496 e. The van der Waals surface area contributed by atoms with E-state index in [-0.39, 0.29) is 41.7 Å². The van der Waals surface area contributed by atoms with Crippen LogP contribution in [-0.4, -0.2) is 35.6 Å². The number of aromatic nitrogens is 2. The summed E-state index contributed by atoms with van der Waals surface area (Å²) in [6, 6.07) is 8.21. The average molecular weight is 513 g/mol. The van der Waals surface area contributed by atoms with E-state index in [0.717, 1.165) is 29.3 Å². The number of benzene rings is 2. The van der Waals surface area contributed by atoms with Gasteiger partial charge in [0.15, 0.2) is 0 Å². The number of amides is 1. The number of nitrogens with zero attached hydrogens (tertiary/aromatic N) is 1. The number of H-pyrrole nitrogens is 1. The average Bonchev–Trinajstić information content (AvgIpc) is 3.24. The first kappa shape index (κ1) is 25.4. The van der Waals surface area contributed by atoms with Gasteiger partial charge in [-0.15, -0.1) is 0 Å². The van der Waals surface area contributed by atoms with Crippen LogP contribution in [0.25, 0.3) is 0 Å². The fourth-order valence-electron chi connectivity index (χ4n) is 4.16. The summed E-state index contributed by atoms with van der Waals surface area (Å²) in [7, 11) is 1.42. The topological polar surface area (TPSA) is 76.2 Å². The van der Waals surface area contributed by atoms with Crippen LogP contribution >= 0.6 is 0 Å². The Balaban J connectivity index is 1.56. The van der Waals surface area contributed by atoms with Crippen molar-refractivity contribution in [1.29, 1.82) is 0 Å². The normalized spacial score (nSPS) is 15.9. The second-order valence-electron chi connectivity index (χ2n) is 8.39. The molecule has 0 fully saturated rings. The molecule has 2 aromatic carbocycles. The molecule has 1 unspecified atom stereocenters. The van der Waals surface area contributed by atoms with E-state index in [4.69, 9.17) is 9.47 Å². The summed E-state index contributed by atoms with van der Waals surface area (Å²) in [6.07, 6.45) is -10.1. The van der Waals surface area contributed by atoms with Crippen molar-refractivity contribution in [2.75, 3.05) is 12.4 Å². The van der Waals surface area contributed by atoms with E-state index in [1.165, 1.54) is 7.11 Å². The van der Waals surface area contributed by atoms with Crippen molar-refractivity contribution in [2.24, 2.45) is 0 Å². The molecule has 36 heavy (non-hydrogen) atoms. The van der Waals surface area contributed by atoms with Crippen LogP contribution in [0.15, 0.2) is 42.6 Å². The highest BCUT2D eigenvalue weighted by molar-refractivity contribution is 5.94. The van der Waals surface area contributed by atoms with E-state index in [9.17, 15) is 31.1 Å².